The second-order valence-corrected chi connectivity index (χ2v) is 7.15. The third-order valence-corrected chi connectivity index (χ3v) is 4.36. The third-order valence-electron chi connectivity index (χ3n) is 3.23. The number of nitrogens with zero attached hydrogens (tertiary/aromatic N) is 3. The Bertz CT molecular complexity index is 869. The van der Waals surface area contributed by atoms with Gasteiger partial charge in [0, 0.05) is 12.4 Å². The Kier molecular flexibility index (Phi) is 6.67. The summed E-state index contributed by atoms with van der Waals surface area (Å²) in [7, 11) is -3.70. The Morgan fingerprint density at radius 1 is 1.27 bits per heavy atom. The fourth-order valence-electron chi connectivity index (χ4n) is 2.12. The number of rotatable bonds is 8. The molecule has 0 spiro atoms. The summed E-state index contributed by atoms with van der Waals surface area (Å²) in [6.07, 6.45) is 5.67. The van der Waals surface area contributed by atoms with Gasteiger partial charge in [0.05, 0.1) is 24.8 Å². The van der Waals surface area contributed by atoms with Crippen LogP contribution in [0.1, 0.15) is 12.5 Å². The van der Waals surface area contributed by atoms with E-state index in [9.17, 15) is 13.2 Å². The molecule has 2 rings (SSSR count). The maximum atomic E-state index is 12.2. The maximum Gasteiger partial charge on any atom is 0.260 e. The van der Waals surface area contributed by atoms with Crippen LogP contribution in [-0.4, -0.2) is 44.9 Å². The number of nitrogens with one attached hydrogen (secondary N) is 1. The van der Waals surface area contributed by atoms with Gasteiger partial charge in [-0.1, -0.05) is 12.1 Å². The number of amides is 1. The number of hydrazone groups is 1. The molecule has 9 heteroatoms. The van der Waals surface area contributed by atoms with Gasteiger partial charge in [-0.25, -0.2) is 13.8 Å². The normalized spacial score (nSPS) is 11.3. The summed E-state index contributed by atoms with van der Waals surface area (Å²) in [5, 5.41) is 3.82. The minimum Gasteiger partial charge on any atom is -0.492 e. The summed E-state index contributed by atoms with van der Waals surface area (Å²) >= 11 is 0. The van der Waals surface area contributed by atoms with Crippen LogP contribution in [0.4, 0.5) is 5.69 Å². The topological polar surface area (TPSA) is 101 Å². The lowest BCUT2D eigenvalue weighted by atomic mass is 10.3. The molecule has 0 fully saturated rings. The van der Waals surface area contributed by atoms with E-state index in [0.29, 0.717) is 18.0 Å². The molecule has 0 aliphatic carbocycles. The van der Waals surface area contributed by atoms with Gasteiger partial charge in [0.15, 0.2) is 0 Å². The smallest absolute Gasteiger partial charge is 0.260 e. The maximum absolute atomic E-state index is 12.2. The highest BCUT2D eigenvalue weighted by Gasteiger charge is 2.23. The van der Waals surface area contributed by atoms with Crippen LogP contribution in [0.2, 0.25) is 0 Å². The average molecular weight is 376 g/mol. The van der Waals surface area contributed by atoms with Gasteiger partial charge in [0.2, 0.25) is 10.0 Å². The van der Waals surface area contributed by atoms with Crippen LogP contribution < -0.4 is 14.5 Å². The molecule has 0 unspecified atom stereocenters. The molecular weight excluding hydrogens is 356 g/mol. The molecular formula is C17H20N4O4S. The van der Waals surface area contributed by atoms with Crippen molar-refractivity contribution in [3.8, 4) is 5.75 Å². The van der Waals surface area contributed by atoms with Crippen LogP contribution >= 0.6 is 0 Å². The Morgan fingerprint density at radius 3 is 2.62 bits per heavy atom. The number of benzene rings is 1. The van der Waals surface area contributed by atoms with Crippen LogP contribution in [0, 0.1) is 0 Å². The van der Waals surface area contributed by atoms with Crippen LogP contribution in [0.3, 0.4) is 0 Å². The molecule has 0 bridgehead atoms. The predicted molar refractivity (Wildman–Crippen MR) is 99.8 cm³/mol. The van der Waals surface area contributed by atoms with Gasteiger partial charge >= 0.3 is 0 Å². The van der Waals surface area contributed by atoms with Crippen molar-refractivity contribution in [3.05, 3.63) is 54.4 Å². The predicted octanol–water partition coefficient (Wildman–Crippen LogP) is 1.40. The first-order valence-electron chi connectivity index (χ1n) is 7.83. The minimum absolute atomic E-state index is 0.296. The third kappa shape index (κ3) is 5.55. The Balaban J connectivity index is 2.14. The van der Waals surface area contributed by atoms with Crippen molar-refractivity contribution < 1.29 is 17.9 Å². The molecule has 2 aromatic rings. The van der Waals surface area contributed by atoms with E-state index in [1.807, 2.05) is 0 Å². The molecule has 1 aromatic heterocycles. The summed E-state index contributed by atoms with van der Waals surface area (Å²) in [5.41, 5.74) is 3.37. The zero-order valence-corrected chi connectivity index (χ0v) is 15.3. The molecule has 1 aromatic carbocycles. The van der Waals surface area contributed by atoms with Gasteiger partial charge < -0.3 is 4.74 Å². The van der Waals surface area contributed by atoms with E-state index in [1.165, 1.54) is 6.21 Å². The average Bonchev–Trinajstić information content (AvgIpc) is 2.61. The highest BCUT2D eigenvalue weighted by Crippen LogP contribution is 2.29. The van der Waals surface area contributed by atoms with E-state index in [1.54, 1.807) is 55.7 Å². The van der Waals surface area contributed by atoms with Crippen molar-refractivity contribution in [1.82, 2.24) is 10.4 Å². The number of anilines is 1. The summed E-state index contributed by atoms with van der Waals surface area (Å²) in [4.78, 5) is 16.0. The summed E-state index contributed by atoms with van der Waals surface area (Å²) in [6.45, 7) is 1.75. The van der Waals surface area contributed by atoms with Crippen molar-refractivity contribution in [2.75, 3.05) is 23.7 Å². The summed E-state index contributed by atoms with van der Waals surface area (Å²) < 4.78 is 30.8. The van der Waals surface area contributed by atoms with Gasteiger partial charge in [-0.15, -0.1) is 0 Å². The molecule has 26 heavy (non-hydrogen) atoms. The van der Waals surface area contributed by atoms with Crippen LogP contribution in [0.5, 0.6) is 5.75 Å². The van der Waals surface area contributed by atoms with Gasteiger partial charge in [0.1, 0.15) is 12.3 Å². The monoisotopic (exact) mass is 376 g/mol. The van der Waals surface area contributed by atoms with E-state index in [4.69, 9.17) is 4.74 Å². The quantitative estimate of drug-likeness (QED) is 0.554. The standard InChI is InChI=1S/C17H20N4O4S/c1-3-25-16-7-5-4-6-15(16)21(26(2,23)24)13-17(22)20-19-12-14-8-10-18-11-9-14/h4-12H,3,13H2,1-2H3,(H,20,22)/b19-12-. The molecule has 0 saturated carbocycles. The van der Waals surface area contributed by atoms with Gasteiger partial charge in [-0.2, -0.15) is 5.10 Å². The number of pyridine rings is 1. The fraction of sp³-hybridized carbons (Fsp3) is 0.235. The van der Waals surface area contributed by atoms with Crippen LogP contribution in [-0.2, 0) is 14.8 Å². The first kappa shape index (κ1) is 19.4. The Labute approximate surface area is 152 Å². The first-order chi connectivity index (χ1) is 12.4. The summed E-state index contributed by atoms with van der Waals surface area (Å²) in [5.74, 6) is -0.194. The van der Waals surface area contributed by atoms with E-state index in [2.05, 4.69) is 15.5 Å². The molecule has 0 radical (unpaired) electrons. The molecule has 138 valence electrons. The lowest BCUT2D eigenvalue weighted by Crippen LogP contribution is -2.39. The summed E-state index contributed by atoms with van der Waals surface area (Å²) in [6, 6.07) is 10.1. The lowest BCUT2D eigenvalue weighted by Gasteiger charge is -2.23. The van der Waals surface area contributed by atoms with Crippen molar-refractivity contribution in [2.24, 2.45) is 5.10 Å². The van der Waals surface area contributed by atoms with E-state index in [0.717, 1.165) is 16.1 Å². The number of ether oxygens (including phenoxy) is 1. The largest absolute Gasteiger partial charge is 0.492 e. The van der Waals surface area contributed by atoms with Gasteiger partial charge in [0.25, 0.3) is 5.91 Å². The lowest BCUT2D eigenvalue weighted by molar-refractivity contribution is -0.119. The van der Waals surface area contributed by atoms with Crippen molar-refractivity contribution >= 4 is 27.8 Å². The van der Waals surface area contributed by atoms with E-state index in [-0.39, 0.29) is 0 Å². The number of hydrogen-bond donors (Lipinski definition) is 1. The minimum atomic E-state index is -3.70. The fourth-order valence-corrected chi connectivity index (χ4v) is 2.98. The molecule has 1 N–H and O–H groups in total. The molecule has 0 atom stereocenters. The zero-order valence-electron chi connectivity index (χ0n) is 14.5. The number of hydrogen-bond acceptors (Lipinski definition) is 6. The number of carbonyl (C=O) groups excluding carboxylic acids is 1. The molecule has 8 nitrogen and oxygen atoms in total. The highest BCUT2D eigenvalue weighted by atomic mass is 32.2. The van der Waals surface area contributed by atoms with Crippen molar-refractivity contribution in [2.45, 2.75) is 6.92 Å². The first-order valence-corrected chi connectivity index (χ1v) is 9.68. The van der Waals surface area contributed by atoms with Crippen LogP contribution in [0.15, 0.2) is 53.9 Å². The Morgan fingerprint density at radius 2 is 1.96 bits per heavy atom. The van der Waals surface area contributed by atoms with E-state index >= 15 is 0 Å². The van der Waals surface area contributed by atoms with Gasteiger partial charge in [-0.05, 0) is 36.8 Å². The zero-order chi connectivity index (χ0) is 19.0. The molecule has 0 aliphatic rings. The number of sulfonamides is 1. The molecule has 0 aliphatic heterocycles. The Hall–Kier alpha value is -2.94. The second kappa shape index (κ2) is 8.95. The van der Waals surface area contributed by atoms with Gasteiger partial charge in [-0.3, -0.25) is 14.1 Å². The van der Waals surface area contributed by atoms with E-state index < -0.39 is 22.5 Å². The molecule has 1 heterocycles. The van der Waals surface area contributed by atoms with Crippen molar-refractivity contribution in [1.29, 1.82) is 0 Å². The van der Waals surface area contributed by atoms with Crippen LogP contribution in [0.25, 0.3) is 0 Å². The van der Waals surface area contributed by atoms with Crippen molar-refractivity contribution in [3.63, 3.8) is 0 Å². The number of carbonyl (C=O) groups is 1. The highest BCUT2D eigenvalue weighted by molar-refractivity contribution is 7.92. The molecule has 0 saturated heterocycles. The SMILES string of the molecule is CCOc1ccccc1N(CC(=O)N/N=C\c1ccncc1)S(C)(=O)=O. The second-order valence-electron chi connectivity index (χ2n) is 5.24. The molecule has 1 amide bonds. The number of para-hydroxylation sites is 2. The number of aromatic nitrogens is 1.